The monoisotopic (exact) mass is 447 g/mol. The van der Waals surface area contributed by atoms with Crippen molar-refractivity contribution >= 4 is 29.2 Å². The first-order chi connectivity index (χ1) is 16.0. The lowest BCUT2D eigenvalue weighted by atomic mass is 10.0. The molecule has 3 atom stereocenters. The van der Waals surface area contributed by atoms with Crippen LogP contribution in [0, 0.1) is 0 Å². The molecule has 3 aliphatic rings. The number of ether oxygens (including phenoxy) is 1. The van der Waals surface area contributed by atoms with Crippen molar-refractivity contribution in [3.8, 4) is 0 Å². The number of likely N-dealkylation sites (tertiary alicyclic amines) is 1. The average Bonchev–Trinajstić information content (AvgIpc) is 3.54. The highest BCUT2D eigenvalue weighted by Crippen LogP contribution is 2.51. The highest BCUT2D eigenvalue weighted by Gasteiger charge is 2.65. The molecule has 4 heterocycles. The van der Waals surface area contributed by atoms with Crippen LogP contribution in [0.5, 0.6) is 0 Å². The predicted molar refractivity (Wildman–Crippen MR) is 120 cm³/mol. The molecular weight excluding hydrogens is 422 g/mol. The fourth-order valence-electron chi connectivity index (χ4n) is 5.68. The van der Waals surface area contributed by atoms with E-state index in [0.717, 1.165) is 16.5 Å². The normalized spacial score (nSPS) is 25.5. The lowest BCUT2D eigenvalue weighted by Crippen LogP contribution is -2.49. The zero-order chi connectivity index (χ0) is 23.2. The van der Waals surface area contributed by atoms with E-state index >= 15 is 0 Å². The van der Waals surface area contributed by atoms with Crippen LogP contribution in [-0.2, 0) is 21.4 Å². The van der Waals surface area contributed by atoms with Crippen molar-refractivity contribution in [3.63, 3.8) is 0 Å². The molecule has 3 fully saturated rings. The van der Waals surface area contributed by atoms with Crippen molar-refractivity contribution in [3.05, 3.63) is 71.9 Å². The molecule has 3 aromatic rings. The van der Waals surface area contributed by atoms with Gasteiger partial charge in [-0.15, -0.1) is 0 Å². The first kappa shape index (κ1) is 21.2. The van der Waals surface area contributed by atoms with E-state index < -0.39 is 5.72 Å². The Kier molecular flexibility index (Phi) is 5.17. The summed E-state index contributed by atoms with van der Waals surface area (Å²) < 4.78 is 8.33. The van der Waals surface area contributed by atoms with E-state index in [1.165, 1.54) is 0 Å². The summed E-state index contributed by atoms with van der Waals surface area (Å²) in [4.78, 5) is 38.8. The quantitative estimate of drug-likeness (QED) is 0.610. The van der Waals surface area contributed by atoms with E-state index in [0.29, 0.717) is 31.6 Å². The number of carbonyl (C=O) groups is 3. The average molecular weight is 447 g/mol. The minimum absolute atomic E-state index is 0.0184. The summed E-state index contributed by atoms with van der Waals surface area (Å²) in [5.74, 6) is 0.0526. The summed E-state index contributed by atoms with van der Waals surface area (Å²) in [5.41, 5.74) is 2.11. The Balaban J connectivity index is 0.000000724. The third-order valence-corrected chi connectivity index (χ3v) is 7.03. The second-order valence-corrected chi connectivity index (χ2v) is 8.59. The number of hydrogen-bond donors (Lipinski definition) is 1. The molecule has 2 aromatic carbocycles. The van der Waals surface area contributed by atoms with Crippen molar-refractivity contribution in [2.45, 2.75) is 30.7 Å². The Labute approximate surface area is 191 Å². The van der Waals surface area contributed by atoms with Crippen LogP contribution in [0.2, 0.25) is 0 Å². The van der Waals surface area contributed by atoms with Gasteiger partial charge in [0.25, 0.3) is 12.4 Å². The Morgan fingerprint density at radius 3 is 2.61 bits per heavy atom. The topological polar surface area (TPSA) is 92.1 Å². The highest BCUT2D eigenvalue weighted by molar-refractivity contribution is 6.07. The second kappa shape index (κ2) is 8.04. The van der Waals surface area contributed by atoms with Gasteiger partial charge in [-0.1, -0.05) is 48.5 Å². The summed E-state index contributed by atoms with van der Waals surface area (Å²) in [6, 6.07) is 17.6. The molecule has 0 bridgehead atoms. The summed E-state index contributed by atoms with van der Waals surface area (Å²) in [6.07, 6.45) is 2.87. The largest absolute Gasteiger partial charge is 0.483 e. The van der Waals surface area contributed by atoms with Gasteiger partial charge in [-0.3, -0.25) is 14.4 Å². The minimum Gasteiger partial charge on any atom is -0.483 e. The SMILES string of the molecule is Cn1cc(C(=O)N2CC[C@@]34OC[C@@H](c5ccccc5)N3C(=O)C[C@@H]24)c2ccccc21.O=CO. The van der Waals surface area contributed by atoms with Crippen molar-refractivity contribution in [1.29, 1.82) is 0 Å². The maximum atomic E-state index is 13.6. The standard InChI is InChI=1S/C24H23N3O3.CH2O2/c1-25-14-18(17-9-5-6-10-19(17)25)23(29)26-12-11-24-21(26)13-22(28)27(24)20(15-30-24)16-7-3-2-4-8-16;2-1-3/h2-10,14,20-21H,11-13,15H2,1H3;1H,(H,2,3)/t20-,21+,24-;/m0./s1. The molecular formula is C25H25N3O5. The summed E-state index contributed by atoms with van der Waals surface area (Å²) in [6.45, 7) is 0.820. The molecule has 3 saturated heterocycles. The molecule has 170 valence electrons. The van der Waals surface area contributed by atoms with Crippen molar-refractivity contribution < 1.29 is 24.2 Å². The Bertz CT molecular complexity index is 1220. The molecule has 6 rings (SSSR count). The van der Waals surface area contributed by atoms with Crippen LogP contribution in [0.25, 0.3) is 10.9 Å². The molecule has 1 N–H and O–H groups in total. The van der Waals surface area contributed by atoms with Crippen LogP contribution < -0.4 is 0 Å². The lowest BCUT2D eigenvalue weighted by Gasteiger charge is -2.33. The van der Waals surface area contributed by atoms with Crippen LogP contribution in [0.4, 0.5) is 0 Å². The first-order valence-corrected chi connectivity index (χ1v) is 11.0. The number of carbonyl (C=O) groups excluding carboxylic acids is 2. The maximum absolute atomic E-state index is 13.6. The van der Waals surface area contributed by atoms with E-state index in [-0.39, 0.29) is 30.4 Å². The van der Waals surface area contributed by atoms with Crippen molar-refractivity contribution in [1.82, 2.24) is 14.4 Å². The van der Waals surface area contributed by atoms with Gasteiger partial charge in [0.2, 0.25) is 5.91 Å². The molecule has 0 aliphatic carbocycles. The molecule has 8 nitrogen and oxygen atoms in total. The van der Waals surface area contributed by atoms with Gasteiger partial charge >= 0.3 is 0 Å². The number of aryl methyl sites for hydroxylation is 1. The van der Waals surface area contributed by atoms with E-state index in [4.69, 9.17) is 14.6 Å². The third-order valence-electron chi connectivity index (χ3n) is 7.03. The number of benzene rings is 2. The minimum atomic E-state index is -0.697. The molecule has 2 amide bonds. The summed E-state index contributed by atoms with van der Waals surface area (Å²) in [7, 11) is 1.95. The van der Waals surface area contributed by atoms with Crippen molar-refractivity contribution in [2.75, 3.05) is 13.2 Å². The van der Waals surface area contributed by atoms with Gasteiger partial charge in [0.05, 0.1) is 30.7 Å². The van der Waals surface area contributed by atoms with E-state index in [2.05, 4.69) is 0 Å². The first-order valence-electron chi connectivity index (χ1n) is 11.0. The van der Waals surface area contributed by atoms with Gasteiger partial charge in [0.1, 0.15) is 0 Å². The molecule has 0 unspecified atom stereocenters. The number of fused-ring (bicyclic) bond motifs is 1. The fourth-order valence-corrected chi connectivity index (χ4v) is 5.68. The number of nitrogens with zero attached hydrogens (tertiary/aromatic N) is 3. The Morgan fingerprint density at radius 2 is 1.85 bits per heavy atom. The maximum Gasteiger partial charge on any atom is 0.290 e. The van der Waals surface area contributed by atoms with E-state index in [9.17, 15) is 9.59 Å². The number of rotatable bonds is 2. The summed E-state index contributed by atoms with van der Waals surface area (Å²) in [5, 5.41) is 7.83. The van der Waals surface area contributed by atoms with E-state index in [1.54, 1.807) is 0 Å². The number of hydrogen-bond acceptors (Lipinski definition) is 4. The summed E-state index contributed by atoms with van der Waals surface area (Å²) >= 11 is 0. The van der Waals surface area contributed by atoms with Gasteiger partial charge in [-0.2, -0.15) is 0 Å². The van der Waals surface area contributed by atoms with Crippen molar-refractivity contribution in [2.24, 2.45) is 7.05 Å². The molecule has 0 saturated carbocycles. The molecule has 0 radical (unpaired) electrons. The van der Waals surface area contributed by atoms with E-state index in [1.807, 2.05) is 82.2 Å². The van der Waals surface area contributed by atoms with Gasteiger partial charge in [0.15, 0.2) is 5.72 Å². The number of aromatic nitrogens is 1. The van der Waals surface area contributed by atoms with Gasteiger partial charge in [-0.25, -0.2) is 0 Å². The molecule has 1 aromatic heterocycles. The Hall–Kier alpha value is -3.65. The smallest absolute Gasteiger partial charge is 0.290 e. The number of para-hydroxylation sites is 1. The lowest BCUT2D eigenvalue weighted by molar-refractivity contribution is -0.138. The van der Waals surface area contributed by atoms with Gasteiger partial charge in [0, 0.05) is 37.1 Å². The highest BCUT2D eigenvalue weighted by atomic mass is 16.5. The molecule has 3 aliphatic heterocycles. The number of carboxylic acid groups (broad SMARTS) is 1. The predicted octanol–water partition coefficient (Wildman–Crippen LogP) is 2.79. The van der Waals surface area contributed by atoms with Crippen LogP contribution in [-0.4, -0.2) is 62.7 Å². The van der Waals surface area contributed by atoms with Crippen LogP contribution >= 0.6 is 0 Å². The molecule has 8 heteroatoms. The zero-order valence-electron chi connectivity index (χ0n) is 18.3. The second-order valence-electron chi connectivity index (χ2n) is 8.59. The zero-order valence-corrected chi connectivity index (χ0v) is 18.3. The van der Waals surface area contributed by atoms with Crippen LogP contribution in [0.3, 0.4) is 0 Å². The van der Waals surface area contributed by atoms with Crippen LogP contribution in [0.1, 0.15) is 34.8 Å². The molecule has 33 heavy (non-hydrogen) atoms. The molecule has 1 spiro atoms. The Morgan fingerprint density at radius 1 is 1.15 bits per heavy atom. The number of amides is 2. The van der Waals surface area contributed by atoms with Gasteiger partial charge < -0.3 is 24.2 Å². The fraction of sp³-hybridized carbons (Fsp3) is 0.320. The van der Waals surface area contributed by atoms with Crippen LogP contribution in [0.15, 0.2) is 60.8 Å². The van der Waals surface area contributed by atoms with Gasteiger partial charge in [-0.05, 0) is 11.6 Å². The third kappa shape index (κ3) is 3.13.